The molecular formula is C28H31ClN2O2. The summed E-state index contributed by atoms with van der Waals surface area (Å²) in [6.45, 7) is 2.44. The third kappa shape index (κ3) is 7.19. The molecule has 0 bridgehead atoms. The standard InChI is InChI=1S/C28H31ClN2O2/c1-3-21-12-14-22(15-13-21)16-17-27(32)31(20-24-10-7-11-25(29)18-24)26(28(33)30-2)19-23-8-5-4-6-9-23/h4-15,18,26H,3,16-17,19-20H2,1-2H3,(H,30,33). The largest absolute Gasteiger partial charge is 0.357 e. The Labute approximate surface area is 201 Å². The summed E-state index contributed by atoms with van der Waals surface area (Å²) in [5.41, 5.74) is 4.29. The van der Waals surface area contributed by atoms with Gasteiger partial charge in [-0.25, -0.2) is 0 Å². The van der Waals surface area contributed by atoms with Crippen LogP contribution in [0.5, 0.6) is 0 Å². The normalized spacial score (nSPS) is 11.6. The molecule has 0 saturated carbocycles. The molecule has 0 aliphatic rings. The second-order valence-electron chi connectivity index (χ2n) is 8.14. The Balaban J connectivity index is 1.85. The van der Waals surface area contributed by atoms with Gasteiger partial charge in [-0.15, -0.1) is 0 Å². The van der Waals surface area contributed by atoms with Gasteiger partial charge in [0.1, 0.15) is 6.04 Å². The van der Waals surface area contributed by atoms with Crippen molar-refractivity contribution in [3.8, 4) is 0 Å². The van der Waals surface area contributed by atoms with E-state index in [4.69, 9.17) is 11.6 Å². The number of likely N-dealkylation sites (N-methyl/N-ethyl adjacent to an activating group) is 1. The maximum atomic E-state index is 13.5. The van der Waals surface area contributed by atoms with Gasteiger partial charge in [0.2, 0.25) is 11.8 Å². The SMILES string of the molecule is CCc1ccc(CCC(=O)N(Cc2cccc(Cl)c2)C(Cc2ccccc2)C(=O)NC)cc1. The first kappa shape index (κ1) is 24.5. The highest BCUT2D eigenvalue weighted by molar-refractivity contribution is 6.30. The van der Waals surface area contributed by atoms with Crippen molar-refractivity contribution in [1.82, 2.24) is 10.2 Å². The lowest BCUT2D eigenvalue weighted by molar-refractivity contribution is -0.141. The molecule has 0 heterocycles. The van der Waals surface area contributed by atoms with Gasteiger partial charge in [0.15, 0.2) is 0 Å². The van der Waals surface area contributed by atoms with Crippen molar-refractivity contribution in [2.45, 2.75) is 45.2 Å². The first-order valence-electron chi connectivity index (χ1n) is 11.4. The van der Waals surface area contributed by atoms with E-state index >= 15 is 0 Å². The lowest BCUT2D eigenvalue weighted by Gasteiger charge is -2.31. The van der Waals surface area contributed by atoms with Crippen LogP contribution in [0.2, 0.25) is 5.02 Å². The average Bonchev–Trinajstić information content (AvgIpc) is 2.85. The summed E-state index contributed by atoms with van der Waals surface area (Å²) in [5, 5.41) is 3.35. The maximum absolute atomic E-state index is 13.5. The van der Waals surface area contributed by atoms with Gasteiger partial charge in [-0.3, -0.25) is 9.59 Å². The molecule has 33 heavy (non-hydrogen) atoms. The molecule has 0 spiro atoms. The molecule has 3 aromatic carbocycles. The van der Waals surface area contributed by atoms with Crippen LogP contribution in [-0.4, -0.2) is 29.8 Å². The van der Waals surface area contributed by atoms with E-state index in [0.29, 0.717) is 30.8 Å². The quantitative estimate of drug-likeness (QED) is 0.449. The summed E-state index contributed by atoms with van der Waals surface area (Å²) in [7, 11) is 1.61. The van der Waals surface area contributed by atoms with Gasteiger partial charge < -0.3 is 10.2 Å². The number of hydrogen-bond acceptors (Lipinski definition) is 2. The van der Waals surface area contributed by atoms with Crippen LogP contribution in [0.1, 0.15) is 35.6 Å². The number of benzene rings is 3. The first-order valence-corrected chi connectivity index (χ1v) is 11.7. The van der Waals surface area contributed by atoms with Crippen molar-refractivity contribution in [3.05, 3.63) is 106 Å². The predicted octanol–water partition coefficient (Wildman–Crippen LogP) is 5.22. The Morgan fingerprint density at radius 1 is 0.879 bits per heavy atom. The van der Waals surface area contributed by atoms with E-state index in [1.807, 2.05) is 48.5 Å². The number of rotatable bonds is 10. The van der Waals surface area contributed by atoms with Gasteiger partial charge in [-0.05, 0) is 47.2 Å². The Kier molecular flexibility index (Phi) is 9.08. The number of carbonyl (C=O) groups is 2. The van der Waals surface area contributed by atoms with Gasteiger partial charge in [0.05, 0.1) is 0 Å². The van der Waals surface area contributed by atoms with Crippen LogP contribution in [0.3, 0.4) is 0 Å². The molecule has 1 atom stereocenters. The molecule has 0 radical (unpaired) electrons. The van der Waals surface area contributed by atoms with Crippen LogP contribution in [0.15, 0.2) is 78.9 Å². The maximum Gasteiger partial charge on any atom is 0.242 e. The van der Waals surface area contributed by atoms with E-state index in [2.05, 4.69) is 36.5 Å². The molecule has 0 aromatic heterocycles. The van der Waals surface area contributed by atoms with Crippen molar-refractivity contribution in [3.63, 3.8) is 0 Å². The third-order valence-electron chi connectivity index (χ3n) is 5.82. The van der Waals surface area contributed by atoms with Gasteiger partial charge >= 0.3 is 0 Å². The Morgan fingerprint density at radius 2 is 1.55 bits per heavy atom. The number of carbonyl (C=O) groups excluding carboxylic acids is 2. The smallest absolute Gasteiger partial charge is 0.242 e. The minimum Gasteiger partial charge on any atom is -0.357 e. The van der Waals surface area contributed by atoms with E-state index in [0.717, 1.165) is 23.1 Å². The number of nitrogens with one attached hydrogen (secondary N) is 1. The molecule has 1 unspecified atom stereocenters. The van der Waals surface area contributed by atoms with Crippen molar-refractivity contribution < 1.29 is 9.59 Å². The lowest BCUT2D eigenvalue weighted by Crippen LogP contribution is -2.49. The van der Waals surface area contributed by atoms with Crippen molar-refractivity contribution >= 4 is 23.4 Å². The molecule has 4 nitrogen and oxygen atoms in total. The van der Waals surface area contributed by atoms with E-state index in [9.17, 15) is 9.59 Å². The fourth-order valence-electron chi connectivity index (χ4n) is 3.89. The molecule has 172 valence electrons. The number of hydrogen-bond donors (Lipinski definition) is 1. The van der Waals surface area contributed by atoms with Crippen LogP contribution >= 0.6 is 11.6 Å². The van der Waals surface area contributed by atoms with Crippen LogP contribution in [-0.2, 0) is 35.4 Å². The van der Waals surface area contributed by atoms with Crippen molar-refractivity contribution in [2.75, 3.05) is 7.05 Å². The second-order valence-corrected chi connectivity index (χ2v) is 8.58. The highest BCUT2D eigenvalue weighted by Crippen LogP contribution is 2.19. The zero-order valence-corrected chi connectivity index (χ0v) is 20.0. The first-order chi connectivity index (χ1) is 16.0. The molecule has 0 fully saturated rings. The molecule has 0 aliphatic heterocycles. The van der Waals surface area contributed by atoms with Gasteiger partial charge in [-0.1, -0.05) is 85.3 Å². The van der Waals surface area contributed by atoms with E-state index in [-0.39, 0.29) is 11.8 Å². The number of aryl methyl sites for hydroxylation is 2. The highest BCUT2D eigenvalue weighted by Gasteiger charge is 2.29. The van der Waals surface area contributed by atoms with E-state index in [1.54, 1.807) is 18.0 Å². The summed E-state index contributed by atoms with van der Waals surface area (Å²) in [5.74, 6) is -0.236. The fraction of sp³-hybridized carbons (Fsp3) is 0.286. The number of halogens is 1. The third-order valence-corrected chi connectivity index (χ3v) is 6.05. The average molecular weight is 463 g/mol. The van der Waals surface area contributed by atoms with Crippen molar-refractivity contribution in [2.24, 2.45) is 0 Å². The number of nitrogens with zero attached hydrogens (tertiary/aromatic N) is 1. The summed E-state index contributed by atoms with van der Waals surface area (Å²) >= 11 is 6.19. The zero-order chi connectivity index (χ0) is 23.6. The molecule has 2 amide bonds. The van der Waals surface area contributed by atoms with Gasteiger partial charge in [0.25, 0.3) is 0 Å². The molecular weight excluding hydrogens is 432 g/mol. The summed E-state index contributed by atoms with van der Waals surface area (Å²) in [4.78, 5) is 28.1. The topological polar surface area (TPSA) is 49.4 Å². The summed E-state index contributed by atoms with van der Waals surface area (Å²) in [6.07, 6.45) is 2.38. The molecule has 0 saturated heterocycles. The van der Waals surface area contributed by atoms with Gasteiger partial charge in [-0.2, -0.15) is 0 Å². The molecule has 1 N–H and O–H groups in total. The second kappa shape index (κ2) is 12.2. The van der Waals surface area contributed by atoms with Crippen LogP contribution in [0.4, 0.5) is 0 Å². The predicted molar refractivity (Wildman–Crippen MR) is 134 cm³/mol. The van der Waals surface area contributed by atoms with E-state index in [1.165, 1.54) is 5.56 Å². The van der Waals surface area contributed by atoms with E-state index < -0.39 is 6.04 Å². The Bertz CT molecular complexity index is 1050. The molecule has 3 rings (SSSR count). The van der Waals surface area contributed by atoms with Crippen LogP contribution in [0.25, 0.3) is 0 Å². The molecule has 3 aromatic rings. The highest BCUT2D eigenvalue weighted by atomic mass is 35.5. The molecule has 5 heteroatoms. The summed E-state index contributed by atoms with van der Waals surface area (Å²) in [6, 6.07) is 25.0. The Hall–Kier alpha value is -3.11. The monoisotopic (exact) mass is 462 g/mol. The fourth-order valence-corrected chi connectivity index (χ4v) is 4.10. The van der Waals surface area contributed by atoms with Crippen molar-refractivity contribution in [1.29, 1.82) is 0 Å². The Morgan fingerprint density at radius 3 is 2.18 bits per heavy atom. The molecule has 0 aliphatic carbocycles. The number of amides is 2. The van der Waals surface area contributed by atoms with Crippen LogP contribution in [0, 0.1) is 0 Å². The van der Waals surface area contributed by atoms with Gasteiger partial charge in [0, 0.05) is 31.5 Å². The summed E-state index contributed by atoms with van der Waals surface area (Å²) < 4.78 is 0. The van der Waals surface area contributed by atoms with Crippen LogP contribution < -0.4 is 5.32 Å². The minimum absolute atomic E-state index is 0.0564. The lowest BCUT2D eigenvalue weighted by atomic mass is 10.0. The minimum atomic E-state index is -0.619. The zero-order valence-electron chi connectivity index (χ0n) is 19.3.